The van der Waals surface area contributed by atoms with Gasteiger partial charge in [0.1, 0.15) is 0 Å². The summed E-state index contributed by atoms with van der Waals surface area (Å²) in [5, 5.41) is 4.21. The van der Waals surface area contributed by atoms with E-state index in [9.17, 15) is 8.42 Å². The van der Waals surface area contributed by atoms with Crippen LogP contribution in [-0.2, 0) is 22.9 Å². The summed E-state index contributed by atoms with van der Waals surface area (Å²) < 4.78 is 31.2. The quantitative estimate of drug-likeness (QED) is 0.172. The van der Waals surface area contributed by atoms with Crippen LogP contribution in [-0.4, -0.2) is 17.6 Å². The van der Waals surface area contributed by atoms with Crippen LogP contribution in [0.2, 0.25) is 0 Å². The molecule has 216 valence electrons. The first-order chi connectivity index (χ1) is 21.0. The van der Waals surface area contributed by atoms with E-state index in [2.05, 4.69) is 58.0 Å². The molecule has 0 unspecified atom stereocenters. The van der Waals surface area contributed by atoms with Crippen LogP contribution < -0.4 is 9.60 Å². The van der Waals surface area contributed by atoms with Gasteiger partial charge in [0.05, 0.1) is 32.6 Å². The highest BCUT2D eigenvalue weighted by Gasteiger charge is 2.18. The molecule has 6 nitrogen and oxygen atoms in total. The number of sulfone groups is 1. The number of hydrogen-bond donors (Lipinski definition) is 0. The number of thiazole rings is 2. The fourth-order valence-corrected chi connectivity index (χ4v) is 8.13. The van der Waals surface area contributed by atoms with Gasteiger partial charge in [0.25, 0.3) is 0 Å². The molecular formula is C34H30N4O2S3. The average molecular weight is 623 g/mol. The monoisotopic (exact) mass is 622 g/mol. The fraction of sp³-hybridized carbons (Fsp3) is 0.118. The molecule has 0 atom stereocenters. The Kier molecular flexibility index (Phi) is 8.38. The number of nitrogens with zero attached hydrogens (tertiary/aromatic N) is 4. The molecule has 43 heavy (non-hydrogen) atoms. The molecule has 0 aliphatic heterocycles. The van der Waals surface area contributed by atoms with Crippen molar-refractivity contribution in [3.05, 3.63) is 130 Å². The molecule has 0 saturated carbocycles. The van der Waals surface area contributed by atoms with Crippen molar-refractivity contribution in [1.29, 1.82) is 0 Å². The summed E-state index contributed by atoms with van der Waals surface area (Å²) >= 11 is 3.14. The number of rotatable bonds is 8. The van der Waals surface area contributed by atoms with Crippen molar-refractivity contribution in [2.24, 2.45) is 9.98 Å². The molecule has 0 saturated heterocycles. The first-order valence-electron chi connectivity index (χ1n) is 14.0. The van der Waals surface area contributed by atoms with Gasteiger partial charge in [0.15, 0.2) is 9.60 Å². The van der Waals surface area contributed by atoms with Gasteiger partial charge in [-0.25, -0.2) is 18.4 Å². The fourth-order valence-electron chi connectivity index (χ4n) is 4.88. The van der Waals surface area contributed by atoms with Gasteiger partial charge in [0, 0.05) is 23.8 Å². The van der Waals surface area contributed by atoms with Gasteiger partial charge in [-0.15, -0.1) is 22.7 Å². The maximum absolute atomic E-state index is 13.4. The van der Waals surface area contributed by atoms with Crippen molar-refractivity contribution in [3.8, 4) is 22.5 Å². The summed E-state index contributed by atoms with van der Waals surface area (Å²) in [7, 11) is -3.70. The third kappa shape index (κ3) is 5.97. The highest BCUT2D eigenvalue weighted by Crippen LogP contribution is 2.26. The van der Waals surface area contributed by atoms with E-state index in [1.807, 2.05) is 36.4 Å². The van der Waals surface area contributed by atoms with E-state index in [-0.39, 0.29) is 9.79 Å². The van der Waals surface area contributed by atoms with Gasteiger partial charge < -0.3 is 9.13 Å². The molecule has 0 N–H and O–H groups in total. The summed E-state index contributed by atoms with van der Waals surface area (Å²) in [5.74, 6) is 0. The van der Waals surface area contributed by atoms with Crippen LogP contribution in [0.1, 0.15) is 13.8 Å². The molecule has 9 heteroatoms. The summed E-state index contributed by atoms with van der Waals surface area (Å²) in [6.07, 6.45) is 0. The highest BCUT2D eigenvalue weighted by atomic mass is 32.2. The van der Waals surface area contributed by atoms with E-state index in [1.165, 1.54) is 0 Å². The summed E-state index contributed by atoms with van der Waals surface area (Å²) in [6.45, 7) is 5.74. The molecule has 6 aromatic rings. The lowest BCUT2D eigenvalue weighted by atomic mass is 10.2. The Morgan fingerprint density at radius 1 is 0.558 bits per heavy atom. The van der Waals surface area contributed by atoms with E-state index >= 15 is 0 Å². The van der Waals surface area contributed by atoms with Crippen LogP contribution in [0.4, 0.5) is 11.4 Å². The first kappa shape index (κ1) is 28.8. The Labute approximate surface area is 259 Å². The van der Waals surface area contributed by atoms with Crippen LogP contribution in [0.3, 0.4) is 0 Å². The van der Waals surface area contributed by atoms with E-state index < -0.39 is 9.84 Å². The third-order valence-corrected chi connectivity index (χ3v) is 10.6. The maximum atomic E-state index is 13.4. The number of benzene rings is 4. The minimum Gasteiger partial charge on any atom is -0.317 e. The molecule has 0 fully saturated rings. The lowest BCUT2D eigenvalue weighted by Crippen LogP contribution is -2.14. The molecule has 0 aliphatic rings. The van der Waals surface area contributed by atoms with Crippen LogP contribution in [0.5, 0.6) is 0 Å². The summed E-state index contributed by atoms with van der Waals surface area (Å²) in [4.78, 5) is 11.8. The van der Waals surface area contributed by atoms with E-state index in [4.69, 9.17) is 9.98 Å². The van der Waals surface area contributed by atoms with Crippen molar-refractivity contribution < 1.29 is 8.42 Å². The topological polar surface area (TPSA) is 68.7 Å². The second kappa shape index (κ2) is 12.5. The second-order valence-corrected chi connectivity index (χ2v) is 13.4. The van der Waals surface area contributed by atoms with E-state index in [0.717, 1.165) is 45.2 Å². The average Bonchev–Trinajstić information content (AvgIpc) is 3.65. The van der Waals surface area contributed by atoms with Gasteiger partial charge in [-0.1, -0.05) is 60.7 Å². The smallest absolute Gasteiger partial charge is 0.206 e. The highest BCUT2D eigenvalue weighted by molar-refractivity contribution is 7.91. The number of hydrogen-bond acceptors (Lipinski definition) is 6. The van der Waals surface area contributed by atoms with E-state index in [1.54, 1.807) is 71.2 Å². The van der Waals surface area contributed by atoms with Crippen LogP contribution in [0, 0.1) is 0 Å². The van der Waals surface area contributed by atoms with Crippen molar-refractivity contribution in [2.45, 2.75) is 36.7 Å². The Morgan fingerprint density at radius 3 is 1.28 bits per heavy atom. The minimum atomic E-state index is -3.70. The molecule has 4 aromatic carbocycles. The predicted octanol–water partition coefficient (Wildman–Crippen LogP) is 8.08. The molecule has 0 radical (unpaired) electrons. The Balaban J connectivity index is 1.24. The molecule has 6 rings (SSSR count). The lowest BCUT2D eigenvalue weighted by Gasteiger charge is -2.07. The van der Waals surface area contributed by atoms with Crippen LogP contribution in [0.15, 0.2) is 140 Å². The SMILES string of the molecule is CCn1c(-c2ccccc2)csc1=Nc1ccc(S(=O)(=O)c2ccc(N=c3scc(-c4ccccc4)n3CC)cc2)cc1. The van der Waals surface area contributed by atoms with Crippen LogP contribution in [0.25, 0.3) is 22.5 Å². The predicted molar refractivity (Wildman–Crippen MR) is 176 cm³/mol. The van der Waals surface area contributed by atoms with Crippen molar-refractivity contribution in [3.63, 3.8) is 0 Å². The summed E-state index contributed by atoms with van der Waals surface area (Å²) in [6, 6.07) is 34.0. The normalized spacial score (nSPS) is 12.6. The zero-order valence-electron chi connectivity index (χ0n) is 23.8. The molecule has 0 amide bonds. The first-order valence-corrected chi connectivity index (χ1v) is 17.2. The zero-order valence-corrected chi connectivity index (χ0v) is 26.2. The maximum Gasteiger partial charge on any atom is 0.206 e. The van der Waals surface area contributed by atoms with Gasteiger partial charge in [-0.3, -0.25) is 0 Å². The molecule has 0 bridgehead atoms. The molecule has 0 aliphatic carbocycles. The van der Waals surface area contributed by atoms with Crippen molar-refractivity contribution in [2.75, 3.05) is 0 Å². The zero-order chi connectivity index (χ0) is 29.8. The van der Waals surface area contributed by atoms with Crippen molar-refractivity contribution in [1.82, 2.24) is 9.13 Å². The van der Waals surface area contributed by atoms with Crippen LogP contribution >= 0.6 is 22.7 Å². The van der Waals surface area contributed by atoms with Crippen molar-refractivity contribution >= 4 is 43.9 Å². The van der Waals surface area contributed by atoms with Gasteiger partial charge in [-0.05, 0) is 73.5 Å². The largest absolute Gasteiger partial charge is 0.317 e. The third-order valence-electron chi connectivity index (χ3n) is 7.11. The van der Waals surface area contributed by atoms with Gasteiger partial charge in [0.2, 0.25) is 9.84 Å². The Bertz CT molecular complexity index is 1940. The Hall–Kier alpha value is -4.31. The second-order valence-electron chi connectivity index (χ2n) is 9.74. The van der Waals surface area contributed by atoms with Gasteiger partial charge >= 0.3 is 0 Å². The molecular weight excluding hydrogens is 593 g/mol. The standard InChI is InChI=1S/C34H30N4O2S3/c1-3-37-31(25-11-7-5-8-12-25)23-41-33(37)35-27-15-19-29(20-16-27)43(39,40)30-21-17-28(18-22-30)36-34-38(4-2)32(24-42-34)26-13-9-6-10-14-26/h5-24H,3-4H2,1-2H3. The Morgan fingerprint density at radius 2 is 0.930 bits per heavy atom. The lowest BCUT2D eigenvalue weighted by molar-refractivity contribution is 0.596. The summed E-state index contributed by atoms with van der Waals surface area (Å²) in [5.41, 5.74) is 5.90. The minimum absolute atomic E-state index is 0.227. The molecule has 0 spiro atoms. The number of aromatic nitrogens is 2. The molecule has 2 aromatic heterocycles. The van der Waals surface area contributed by atoms with E-state index in [0.29, 0.717) is 11.4 Å². The van der Waals surface area contributed by atoms with Gasteiger partial charge in [-0.2, -0.15) is 0 Å². The molecule has 2 heterocycles.